The van der Waals surface area contributed by atoms with E-state index in [0.29, 0.717) is 11.7 Å². The van der Waals surface area contributed by atoms with E-state index < -0.39 is 0 Å². The van der Waals surface area contributed by atoms with Gasteiger partial charge >= 0.3 is 0 Å². The minimum atomic E-state index is -0.0259. The van der Waals surface area contributed by atoms with Gasteiger partial charge in [-0.05, 0) is 60.0 Å². The Morgan fingerprint density at radius 2 is 1.69 bits per heavy atom. The number of H-pyrrole nitrogens is 1. The molecule has 5 nitrogen and oxygen atoms in total. The number of halogens is 2. The van der Waals surface area contributed by atoms with Crippen molar-refractivity contribution in [3.63, 3.8) is 0 Å². The summed E-state index contributed by atoms with van der Waals surface area (Å²) in [6, 6.07) is 4.06. The highest BCUT2D eigenvalue weighted by molar-refractivity contribution is 6.32. The van der Waals surface area contributed by atoms with E-state index in [2.05, 4.69) is 86.3 Å². The Labute approximate surface area is 228 Å². The molecular weight excluding hydrogens is 489 g/mol. The molecule has 1 fully saturated rings. The van der Waals surface area contributed by atoms with Crippen LogP contribution in [-0.2, 0) is 5.41 Å². The molecule has 0 spiro atoms. The molecule has 1 aromatic heterocycles. The molecule has 0 amide bonds. The molecule has 0 saturated carbocycles. The number of allylic oxidation sites excluding steroid dienone is 1. The van der Waals surface area contributed by atoms with Gasteiger partial charge in [-0.1, -0.05) is 85.0 Å². The third-order valence-corrected chi connectivity index (χ3v) is 7.00. The number of aromatic amines is 1. The van der Waals surface area contributed by atoms with Gasteiger partial charge in [0, 0.05) is 22.5 Å². The van der Waals surface area contributed by atoms with Crippen LogP contribution in [0.25, 0.3) is 10.9 Å². The fourth-order valence-corrected chi connectivity index (χ4v) is 4.77. The van der Waals surface area contributed by atoms with Crippen molar-refractivity contribution in [3.8, 4) is 12.8 Å². The Kier molecular flexibility index (Phi) is 13.6. The minimum absolute atomic E-state index is 0.0259. The molecule has 3 N–H and O–H groups in total. The molecule has 3 heterocycles. The van der Waals surface area contributed by atoms with E-state index in [0.717, 1.165) is 64.1 Å². The van der Waals surface area contributed by atoms with E-state index in [-0.39, 0.29) is 5.41 Å². The van der Waals surface area contributed by atoms with Crippen molar-refractivity contribution in [2.75, 3.05) is 25.0 Å². The summed E-state index contributed by atoms with van der Waals surface area (Å²) in [5.41, 5.74) is 4.29. The Morgan fingerprint density at radius 1 is 1.08 bits per heavy atom. The summed E-state index contributed by atoms with van der Waals surface area (Å²) in [6.07, 6.45) is 10.9. The smallest absolute Gasteiger partial charge is 0.156 e. The van der Waals surface area contributed by atoms with Gasteiger partial charge in [-0.25, -0.2) is 4.99 Å². The van der Waals surface area contributed by atoms with Gasteiger partial charge in [0.1, 0.15) is 5.16 Å². The maximum atomic E-state index is 6.43. The number of aromatic nitrogens is 2. The number of hydrogen-bond donors (Lipinski definition) is 3. The Morgan fingerprint density at radius 3 is 2.19 bits per heavy atom. The zero-order valence-electron chi connectivity index (χ0n) is 23.4. The summed E-state index contributed by atoms with van der Waals surface area (Å²) in [5, 5.41) is 16.6. The van der Waals surface area contributed by atoms with Crippen LogP contribution in [0.15, 0.2) is 27.9 Å². The number of aliphatic imine (C=N–C) groups is 1. The van der Waals surface area contributed by atoms with Crippen LogP contribution < -0.4 is 10.6 Å². The van der Waals surface area contributed by atoms with Gasteiger partial charge in [-0.2, -0.15) is 5.10 Å². The standard InChI is InChI=1S/C19H24Cl2N4.C6H13N.C2H6.C2H2/c1-5-6-11-7-12(23-17(11)21)10-22-18-13-8-14(19(2,3)4)15(20)9-16(13)24-25-18;1-5-3-7-4-6(5)2;2*1-2/h8-9H,5-7,10H2,1-4H3,(H2,22,24,25);5-7H,3-4H2,1-2H3;1-2H3;1-2H/t;5-,6?;;/m.0../s1. The molecular formula is C29H45Cl2N5. The number of fused-ring (bicyclic) bond motifs is 1. The van der Waals surface area contributed by atoms with E-state index in [4.69, 9.17) is 23.2 Å². The molecule has 36 heavy (non-hydrogen) atoms. The zero-order chi connectivity index (χ0) is 27.5. The second kappa shape index (κ2) is 15.3. The van der Waals surface area contributed by atoms with E-state index in [1.165, 1.54) is 18.7 Å². The van der Waals surface area contributed by atoms with Crippen LogP contribution in [0.5, 0.6) is 0 Å². The number of benzene rings is 1. The summed E-state index contributed by atoms with van der Waals surface area (Å²) in [5.74, 6) is 2.62. The predicted octanol–water partition coefficient (Wildman–Crippen LogP) is 8.16. The molecule has 4 rings (SSSR count). The fourth-order valence-electron chi connectivity index (χ4n) is 4.05. The van der Waals surface area contributed by atoms with Crippen LogP contribution in [0.4, 0.5) is 5.82 Å². The van der Waals surface area contributed by atoms with Crippen LogP contribution in [0.2, 0.25) is 5.02 Å². The quantitative estimate of drug-likeness (QED) is 0.268. The first-order chi connectivity index (χ1) is 17.1. The number of hydrogen-bond acceptors (Lipinski definition) is 4. The van der Waals surface area contributed by atoms with E-state index in [1.54, 1.807) is 0 Å². The highest BCUT2D eigenvalue weighted by Crippen LogP contribution is 2.35. The number of anilines is 1. The summed E-state index contributed by atoms with van der Waals surface area (Å²) >= 11 is 12.7. The van der Waals surface area contributed by atoms with Crippen LogP contribution in [-0.4, -0.2) is 35.5 Å². The molecule has 7 heteroatoms. The number of nitrogens with zero attached hydrogens (tertiary/aromatic N) is 2. The summed E-state index contributed by atoms with van der Waals surface area (Å²) in [4.78, 5) is 4.48. The second-order valence-electron chi connectivity index (χ2n) is 10.2. The van der Waals surface area contributed by atoms with Gasteiger partial charge in [0.25, 0.3) is 0 Å². The number of rotatable bonds is 5. The molecule has 200 valence electrons. The fraction of sp³-hybridized carbons (Fsp3) is 0.586. The molecule has 2 atom stereocenters. The van der Waals surface area contributed by atoms with Gasteiger partial charge < -0.3 is 10.6 Å². The number of terminal acetylenes is 1. The predicted molar refractivity (Wildman–Crippen MR) is 161 cm³/mol. The zero-order valence-corrected chi connectivity index (χ0v) is 24.9. The molecule has 1 aromatic carbocycles. The summed E-state index contributed by atoms with van der Waals surface area (Å²) in [7, 11) is 0. The second-order valence-corrected chi connectivity index (χ2v) is 10.9. The highest BCUT2D eigenvalue weighted by atomic mass is 35.5. The van der Waals surface area contributed by atoms with Gasteiger partial charge in [0.2, 0.25) is 0 Å². The molecule has 0 radical (unpaired) electrons. The maximum Gasteiger partial charge on any atom is 0.156 e. The minimum Gasteiger partial charge on any atom is -0.363 e. The van der Waals surface area contributed by atoms with Crippen molar-refractivity contribution in [2.24, 2.45) is 16.8 Å². The summed E-state index contributed by atoms with van der Waals surface area (Å²) in [6.45, 7) is 20.3. The van der Waals surface area contributed by atoms with Crippen molar-refractivity contribution < 1.29 is 0 Å². The molecule has 0 aliphatic carbocycles. The lowest BCUT2D eigenvalue weighted by Crippen LogP contribution is -2.13. The Balaban J connectivity index is 0.000000496. The van der Waals surface area contributed by atoms with Crippen molar-refractivity contribution in [2.45, 2.75) is 80.1 Å². The van der Waals surface area contributed by atoms with Crippen molar-refractivity contribution >= 4 is 45.6 Å². The topological polar surface area (TPSA) is 65.1 Å². The highest BCUT2D eigenvalue weighted by Gasteiger charge is 2.21. The third kappa shape index (κ3) is 8.83. The van der Waals surface area contributed by atoms with Crippen molar-refractivity contribution in [1.82, 2.24) is 15.5 Å². The lowest BCUT2D eigenvalue weighted by atomic mass is 9.86. The van der Waals surface area contributed by atoms with Gasteiger partial charge in [0.15, 0.2) is 5.82 Å². The average Bonchev–Trinajstić information content (AvgIpc) is 3.53. The lowest BCUT2D eigenvalue weighted by molar-refractivity contribution is 0.494. The van der Waals surface area contributed by atoms with E-state index in [9.17, 15) is 0 Å². The first-order valence-corrected chi connectivity index (χ1v) is 13.8. The molecule has 2 aliphatic heterocycles. The maximum absolute atomic E-state index is 6.43. The van der Waals surface area contributed by atoms with Crippen LogP contribution >= 0.6 is 23.2 Å². The van der Waals surface area contributed by atoms with Crippen molar-refractivity contribution in [1.29, 1.82) is 0 Å². The van der Waals surface area contributed by atoms with E-state index in [1.807, 2.05) is 19.9 Å². The molecule has 2 aliphatic rings. The summed E-state index contributed by atoms with van der Waals surface area (Å²) < 4.78 is 0. The number of nitrogens with one attached hydrogen (secondary N) is 3. The molecule has 1 unspecified atom stereocenters. The normalized spacial score (nSPS) is 18.9. The first-order valence-electron chi connectivity index (χ1n) is 13.0. The Bertz CT molecular complexity index is 1040. The largest absolute Gasteiger partial charge is 0.363 e. The van der Waals surface area contributed by atoms with Crippen molar-refractivity contribution in [3.05, 3.63) is 33.4 Å². The SMILES string of the molecule is C#C.CC.CC1CNC[C@@H]1C.CCCC1=C(Cl)N=C(CNc2n[nH]c3cc(Cl)c(C(C)(C)C)cc23)C1. The van der Waals surface area contributed by atoms with Crippen LogP contribution in [0.1, 0.15) is 80.2 Å². The van der Waals surface area contributed by atoms with Crippen LogP contribution in [0.3, 0.4) is 0 Å². The van der Waals surface area contributed by atoms with Crippen LogP contribution in [0, 0.1) is 24.7 Å². The Hall–Kier alpha value is -2.00. The first kappa shape index (κ1) is 32.0. The molecule has 2 aromatic rings. The average molecular weight is 535 g/mol. The van der Waals surface area contributed by atoms with Gasteiger partial charge in [-0.3, -0.25) is 5.10 Å². The van der Waals surface area contributed by atoms with E-state index >= 15 is 0 Å². The lowest BCUT2D eigenvalue weighted by Gasteiger charge is -2.20. The third-order valence-electron chi connectivity index (χ3n) is 6.34. The molecule has 0 bridgehead atoms. The molecule has 1 saturated heterocycles. The monoisotopic (exact) mass is 533 g/mol. The van der Waals surface area contributed by atoms with Gasteiger partial charge in [0.05, 0.1) is 12.1 Å². The van der Waals surface area contributed by atoms with Gasteiger partial charge in [-0.15, -0.1) is 12.8 Å².